The summed E-state index contributed by atoms with van der Waals surface area (Å²) in [5, 5.41) is 0. The Kier molecular flexibility index (Phi) is 4.16. The van der Waals surface area contributed by atoms with Gasteiger partial charge in [-0.05, 0) is 12.5 Å². The van der Waals surface area contributed by atoms with Crippen molar-refractivity contribution >= 4 is 11.7 Å². The highest BCUT2D eigenvalue weighted by atomic mass is 16.2. The van der Waals surface area contributed by atoms with Gasteiger partial charge >= 0.3 is 6.03 Å². The van der Waals surface area contributed by atoms with Gasteiger partial charge in [-0.15, -0.1) is 0 Å². The van der Waals surface area contributed by atoms with E-state index in [1.165, 1.54) is 0 Å². The summed E-state index contributed by atoms with van der Waals surface area (Å²) in [6.07, 6.45) is 0.933. The zero-order valence-corrected chi connectivity index (χ0v) is 9.53. The lowest BCUT2D eigenvalue weighted by Gasteiger charge is -2.25. The minimum atomic E-state index is -0.000648. The summed E-state index contributed by atoms with van der Waals surface area (Å²) in [7, 11) is 3.52. The molecule has 3 nitrogen and oxygen atoms in total. The molecule has 0 fully saturated rings. The average Bonchev–Trinajstić information content (AvgIpc) is 2.26. The largest absolute Gasteiger partial charge is 0.330 e. The van der Waals surface area contributed by atoms with Crippen LogP contribution in [0.4, 0.5) is 10.5 Å². The molecular formula is C12H17N2O. The third kappa shape index (κ3) is 2.98. The Morgan fingerprint density at radius 1 is 1.40 bits per heavy atom. The van der Waals surface area contributed by atoms with E-state index in [0.717, 1.165) is 18.7 Å². The third-order valence-electron chi connectivity index (χ3n) is 2.04. The lowest BCUT2D eigenvalue weighted by atomic mass is 10.3. The maximum atomic E-state index is 11.9. The Morgan fingerprint density at radius 3 is 2.60 bits per heavy atom. The molecule has 0 aliphatic rings. The van der Waals surface area contributed by atoms with Crippen LogP contribution in [0.5, 0.6) is 0 Å². The van der Waals surface area contributed by atoms with E-state index in [1.54, 1.807) is 23.9 Å². The molecule has 0 atom stereocenters. The fraction of sp³-hybridized carbons (Fsp3) is 0.417. The van der Waals surface area contributed by atoms with Crippen LogP contribution in [-0.2, 0) is 0 Å². The molecule has 0 heterocycles. The van der Waals surface area contributed by atoms with E-state index in [4.69, 9.17) is 0 Å². The standard InChI is InChI=1S/C12H17N2O/c1-4-10-14(12(15)13(2)3)11-8-6-5-7-9-11/h5-8H,4,10H2,1-3H3. The summed E-state index contributed by atoms with van der Waals surface area (Å²) >= 11 is 0. The van der Waals surface area contributed by atoms with Crippen molar-refractivity contribution in [1.82, 2.24) is 4.90 Å². The predicted molar refractivity (Wildman–Crippen MR) is 62.0 cm³/mol. The molecule has 0 unspecified atom stereocenters. The van der Waals surface area contributed by atoms with Crippen molar-refractivity contribution in [1.29, 1.82) is 0 Å². The Morgan fingerprint density at radius 2 is 2.13 bits per heavy atom. The second kappa shape index (κ2) is 5.39. The van der Waals surface area contributed by atoms with Crippen molar-refractivity contribution in [2.45, 2.75) is 13.3 Å². The van der Waals surface area contributed by atoms with Gasteiger partial charge in [0.15, 0.2) is 0 Å². The second-order valence-electron chi connectivity index (χ2n) is 3.58. The van der Waals surface area contributed by atoms with Crippen LogP contribution < -0.4 is 4.90 Å². The third-order valence-corrected chi connectivity index (χ3v) is 2.04. The Hall–Kier alpha value is -1.51. The molecule has 2 amide bonds. The summed E-state index contributed by atoms with van der Waals surface area (Å²) in [6.45, 7) is 2.77. The van der Waals surface area contributed by atoms with Gasteiger partial charge in [-0.3, -0.25) is 4.90 Å². The van der Waals surface area contributed by atoms with Crippen LogP contribution in [-0.4, -0.2) is 31.6 Å². The number of amides is 2. The summed E-state index contributed by atoms with van der Waals surface area (Å²) < 4.78 is 0. The van der Waals surface area contributed by atoms with E-state index < -0.39 is 0 Å². The highest BCUT2D eigenvalue weighted by Crippen LogP contribution is 2.14. The normalized spacial score (nSPS) is 9.80. The van der Waals surface area contributed by atoms with Gasteiger partial charge < -0.3 is 4.90 Å². The topological polar surface area (TPSA) is 23.6 Å². The predicted octanol–water partition coefficient (Wildman–Crippen LogP) is 2.38. The number of anilines is 1. The fourth-order valence-electron chi connectivity index (χ4n) is 1.34. The van der Waals surface area contributed by atoms with Gasteiger partial charge in [0.05, 0.1) is 5.69 Å². The van der Waals surface area contributed by atoms with Crippen molar-refractivity contribution in [3.63, 3.8) is 0 Å². The van der Waals surface area contributed by atoms with Gasteiger partial charge in [-0.25, -0.2) is 4.79 Å². The van der Waals surface area contributed by atoms with Crippen LogP contribution in [0.2, 0.25) is 0 Å². The number of urea groups is 1. The molecule has 0 aromatic heterocycles. The molecule has 0 aliphatic carbocycles. The van der Waals surface area contributed by atoms with Crippen LogP contribution in [0.3, 0.4) is 0 Å². The number of carbonyl (C=O) groups is 1. The summed E-state index contributed by atoms with van der Waals surface area (Å²) in [5.41, 5.74) is 0.832. The molecule has 0 aliphatic heterocycles. The minimum Gasteiger partial charge on any atom is -0.330 e. The van der Waals surface area contributed by atoms with Crippen molar-refractivity contribution in [2.24, 2.45) is 0 Å². The van der Waals surface area contributed by atoms with E-state index in [-0.39, 0.29) is 6.03 Å². The molecule has 81 valence electrons. The molecule has 3 heteroatoms. The molecule has 0 spiro atoms. The number of carbonyl (C=O) groups excluding carboxylic acids is 1. The van der Waals surface area contributed by atoms with E-state index in [1.807, 2.05) is 24.3 Å². The number of benzene rings is 1. The quantitative estimate of drug-likeness (QED) is 0.743. The molecule has 0 bridgehead atoms. The van der Waals surface area contributed by atoms with Crippen LogP contribution in [0.25, 0.3) is 0 Å². The van der Waals surface area contributed by atoms with Gasteiger partial charge in [-0.1, -0.05) is 25.1 Å². The van der Waals surface area contributed by atoms with Crippen LogP contribution >= 0.6 is 0 Å². The number of nitrogens with zero attached hydrogens (tertiary/aromatic N) is 2. The first-order valence-electron chi connectivity index (χ1n) is 5.12. The SMILES string of the molecule is CCCN(C(=O)N(C)C)c1[c]cccc1. The molecule has 1 aromatic rings. The Labute approximate surface area is 91.3 Å². The summed E-state index contributed by atoms with van der Waals surface area (Å²) in [6, 6.07) is 10.6. The van der Waals surface area contributed by atoms with Crippen LogP contribution in [0, 0.1) is 6.07 Å². The fourth-order valence-corrected chi connectivity index (χ4v) is 1.34. The maximum Gasteiger partial charge on any atom is 0.323 e. The van der Waals surface area contributed by atoms with Gasteiger partial charge in [0.25, 0.3) is 0 Å². The lowest BCUT2D eigenvalue weighted by Crippen LogP contribution is -2.39. The van der Waals surface area contributed by atoms with Crippen LogP contribution in [0.15, 0.2) is 24.3 Å². The molecule has 0 N–H and O–H groups in total. The van der Waals surface area contributed by atoms with E-state index in [0.29, 0.717) is 0 Å². The highest BCUT2D eigenvalue weighted by Gasteiger charge is 2.15. The number of hydrogen-bond acceptors (Lipinski definition) is 1. The van der Waals surface area contributed by atoms with Gasteiger partial charge in [-0.2, -0.15) is 0 Å². The molecular weight excluding hydrogens is 188 g/mol. The van der Waals surface area contributed by atoms with Crippen molar-refractivity contribution in [2.75, 3.05) is 25.5 Å². The van der Waals surface area contributed by atoms with Gasteiger partial charge in [0.1, 0.15) is 0 Å². The minimum absolute atomic E-state index is 0.000648. The zero-order chi connectivity index (χ0) is 11.3. The number of para-hydroxylation sites is 1. The highest BCUT2D eigenvalue weighted by molar-refractivity contribution is 5.91. The first-order valence-corrected chi connectivity index (χ1v) is 5.12. The van der Waals surface area contributed by atoms with Crippen molar-refractivity contribution in [3.05, 3.63) is 30.3 Å². The average molecular weight is 205 g/mol. The van der Waals surface area contributed by atoms with E-state index in [9.17, 15) is 4.79 Å². The smallest absolute Gasteiger partial charge is 0.323 e. The summed E-state index contributed by atoms with van der Waals surface area (Å²) in [5.74, 6) is 0. The van der Waals surface area contributed by atoms with Crippen LogP contribution in [0.1, 0.15) is 13.3 Å². The number of hydrogen-bond donors (Lipinski definition) is 0. The van der Waals surface area contributed by atoms with Gasteiger partial charge in [0.2, 0.25) is 0 Å². The molecule has 1 rings (SSSR count). The zero-order valence-electron chi connectivity index (χ0n) is 9.53. The first-order chi connectivity index (χ1) is 7.16. The molecule has 1 radical (unpaired) electrons. The second-order valence-corrected chi connectivity index (χ2v) is 3.58. The van der Waals surface area contributed by atoms with E-state index >= 15 is 0 Å². The lowest BCUT2D eigenvalue weighted by molar-refractivity contribution is 0.224. The van der Waals surface area contributed by atoms with Crippen molar-refractivity contribution in [3.8, 4) is 0 Å². The first kappa shape index (κ1) is 11.6. The maximum absolute atomic E-state index is 11.9. The Balaban J connectivity index is 2.88. The molecule has 15 heavy (non-hydrogen) atoms. The number of rotatable bonds is 3. The summed E-state index contributed by atoms with van der Waals surface area (Å²) in [4.78, 5) is 15.2. The van der Waals surface area contributed by atoms with E-state index in [2.05, 4.69) is 13.0 Å². The molecule has 1 aromatic carbocycles. The Bertz CT molecular complexity index is 309. The van der Waals surface area contributed by atoms with Gasteiger partial charge in [0, 0.05) is 26.7 Å². The molecule has 0 saturated heterocycles. The monoisotopic (exact) mass is 205 g/mol. The van der Waals surface area contributed by atoms with Crippen molar-refractivity contribution < 1.29 is 4.79 Å². The molecule has 0 saturated carbocycles.